The fraction of sp³-hybridized carbons (Fsp3) is 0.438. The number of thioether (sulfide) groups is 1. The molecule has 1 N–H and O–H groups in total. The third-order valence-corrected chi connectivity index (χ3v) is 4.74. The van der Waals surface area contributed by atoms with Crippen molar-refractivity contribution in [3.05, 3.63) is 30.1 Å². The molecule has 3 rings (SSSR count). The molecule has 0 radical (unpaired) electrons. The largest absolute Gasteiger partial charge is 0.481 e. The zero-order valence-corrected chi connectivity index (χ0v) is 13.8. The number of aliphatic carboxylic acids is 1. The highest BCUT2D eigenvalue weighted by molar-refractivity contribution is 7.97. The summed E-state index contributed by atoms with van der Waals surface area (Å²) in [4.78, 5) is 29.9. The van der Waals surface area contributed by atoms with Gasteiger partial charge in [0, 0.05) is 13.1 Å². The highest BCUT2D eigenvalue weighted by atomic mass is 32.2. The summed E-state index contributed by atoms with van der Waals surface area (Å²) in [5.74, 6) is 0.306. The molecule has 1 aromatic heterocycles. The van der Waals surface area contributed by atoms with Crippen LogP contribution < -0.4 is 0 Å². The Hall–Kier alpha value is -2.02. The van der Waals surface area contributed by atoms with Gasteiger partial charge in [-0.05, 0) is 24.8 Å². The Labute approximate surface area is 138 Å². The Bertz CT molecular complexity index is 743. The molecule has 2 heterocycles. The van der Waals surface area contributed by atoms with Gasteiger partial charge < -0.3 is 14.6 Å². The lowest BCUT2D eigenvalue weighted by atomic mass is 10.1. The Morgan fingerprint density at radius 1 is 1.39 bits per heavy atom. The lowest BCUT2D eigenvalue weighted by Crippen LogP contribution is -2.33. The number of benzene rings is 1. The number of para-hydroxylation sites is 2. The Morgan fingerprint density at radius 3 is 2.87 bits per heavy atom. The molecule has 0 aliphatic carbocycles. The van der Waals surface area contributed by atoms with Crippen LogP contribution in [0.4, 0.5) is 0 Å². The van der Waals surface area contributed by atoms with Gasteiger partial charge in [0.15, 0.2) is 0 Å². The van der Waals surface area contributed by atoms with E-state index < -0.39 is 11.9 Å². The third-order valence-electron chi connectivity index (χ3n) is 4.19. The topological polar surface area (TPSA) is 75.4 Å². The monoisotopic (exact) mass is 333 g/mol. The van der Waals surface area contributed by atoms with Gasteiger partial charge in [-0.25, -0.2) is 4.98 Å². The molecule has 1 aliphatic heterocycles. The molecule has 0 bridgehead atoms. The second-order valence-corrected chi connectivity index (χ2v) is 6.57. The van der Waals surface area contributed by atoms with Crippen molar-refractivity contribution in [2.45, 2.75) is 18.7 Å². The zero-order valence-electron chi connectivity index (χ0n) is 12.9. The summed E-state index contributed by atoms with van der Waals surface area (Å²) in [7, 11) is 0. The molecule has 23 heavy (non-hydrogen) atoms. The van der Waals surface area contributed by atoms with Crippen molar-refractivity contribution in [1.29, 1.82) is 0 Å². The molecule has 1 amide bonds. The quantitative estimate of drug-likeness (QED) is 0.903. The average molecular weight is 333 g/mol. The van der Waals surface area contributed by atoms with Crippen LogP contribution in [0.15, 0.2) is 24.3 Å². The van der Waals surface area contributed by atoms with Gasteiger partial charge in [0.2, 0.25) is 5.91 Å². The van der Waals surface area contributed by atoms with Gasteiger partial charge in [-0.15, -0.1) is 0 Å². The van der Waals surface area contributed by atoms with Crippen LogP contribution in [0.5, 0.6) is 0 Å². The Morgan fingerprint density at radius 2 is 2.17 bits per heavy atom. The summed E-state index contributed by atoms with van der Waals surface area (Å²) in [5.41, 5.74) is 1.83. The van der Waals surface area contributed by atoms with Crippen LogP contribution in [0, 0.1) is 5.92 Å². The van der Waals surface area contributed by atoms with Crippen LogP contribution >= 0.6 is 11.8 Å². The molecule has 0 unspecified atom stereocenters. The second-order valence-electron chi connectivity index (χ2n) is 5.70. The van der Waals surface area contributed by atoms with Gasteiger partial charge in [-0.3, -0.25) is 9.59 Å². The maximum Gasteiger partial charge on any atom is 0.308 e. The highest BCUT2D eigenvalue weighted by Crippen LogP contribution is 2.21. The molecular weight excluding hydrogens is 314 g/mol. The number of aromatic nitrogens is 2. The van der Waals surface area contributed by atoms with Gasteiger partial charge in [-0.2, -0.15) is 11.8 Å². The van der Waals surface area contributed by atoms with Gasteiger partial charge >= 0.3 is 5.97 Å². The Balaban J connectivity index is 1.82. The van der Waals surface area contributed by atoms with Crippen molar-refractivity contribution in [2.24, 2.45) is 5.92 Å². The number of hydrogen-bond donors (Lipinski definition) is 1. The zero-order chi connectivity index (χ0) is 16.4. The molecule has 7 heteroatoms. The minimum absolute atomic E-state index is 0.0424. The van der Waals surface area contributed by atoms with Crippen molar-refractivity contribution < 1.29 is 14.7 Å². The van der Waals surface area contributed by atoms with Crippen LogP contribution in [-0.4, -0.2) is 50.8 Å². The fourth-order valence-corrected chi connectivity index (χ4v) is 3.44. The van der Waals surface area contributed by atoms with Crippen LogP contribution in [0.3, 0.4) is 0 Å². The number of fused-ring (bicyclic) bond motifs is 1. The highest BCUT2D eigenvalue weighted by Gasteiger charge is 2.31. The van der Waals surface area contributed by atoms with Gasteiger partial charge in [0.1, 0.15) is 12.4 Å². The number of carbonyl (C=O) groups is 2. The van der Waals surface area contributed by atoms with E-state index >= 15 is 0 Å². The number of imidazole rings is 1. The Kier molecular flexibility index (Phi) is 4.56. The molecule has 0 saturated carbocycles. The van der Waals surface area contributed by atoms with Gasteiger partial charge in [0.05, 0.1) is 22.7 Å². The van der Waals surface area contributed by atoms with E-state index in [2.05, 4.69) is 4.98 Å². The smallest absolute Gasteiger partial charge is 0.308 e. The molecule has 1 fully saturated rings. The molecule has 1 atom stereocenters. The molecule has 1 aromatic carbocycles. The minimum atomic E-state index is -0.823. The SMILES string of the molecule is CSCc1nc2ccccc2n1CC(=O)N1CC[C@H](C(=O)O)C1. The summed E-state index contributed by atoms with van der Waals surface area (Å²) < 4.78 is 1.95. The minimum Gasteiger partial charge on any atom is -0.481 e. The predicted molar refractivity (Wildman–Crippen MR) is 89.3 cm³/mol. The lowest BCUT2D eigenvalue weighted by Gasteiger charge is -2.17. The van der Waals surface area contributed by atoms with Crippen molar-refractivity contribution >= 4 is 34.7 Å². The van der Waals surface area contributed by atoms with E-state index in [1.807, 2.05) is 35.1 Å². The van der Waals surface area contributed by atoms with Crippen LogP contribution in [0.2, 0.25) is 0 Å². The number of nitrogens with zero attached hydrogens (tertiary/aromatic N) is 3. The first kappa shape index (κ1) is 15.9. The number of carboxylic acid groups (broad SMARTS) is 1. The first-order valence-corrected chi connectivity index (χ1v) is 8.93. The predicted octanol–water partition coefficient (Wildman–Crippen LogP) is 1.83. The number of hydrogen-bond acceptors (Lipinski definition) is 4. The molecule has 0 spiro atoms. The van der Waals surface area contributed by atoms with E-state index in [1.54, 1.807) is 16.7 Å². The van der Waals surface area contributed by atoms with E-state index in [-0.39, 0.29) is 12.5 Å². The molecule has 2 aromatic rings. The van der Waals surface area contributed by atoms with Crippen molar-refractivity contribution in [1.82, 2.24) is 14.5 Å². The van der Waals surface area contributed by atoms with Crippen molar-refractivity contribution in [3.8, 4) is 0 Å². The van der Waals surface area contributed by atoms with E-state index in [4.69, 9.17) is 5.11 Å². The average Bonchev–Trinajstić information content (AvgIpc) is 3.14. The number of carboxylic acids is 1. The maximum absolute atomic E-state index is 12.6. The second kappa shape index (κ2) is 6.62. The first-order chi connectivity index (χ1) is 11.1. The number of rotatable bonds is 5. The summed E-state index contributed by atoms with van der Waals surface area (Å²) >= 11 is 1.66. The van der Waals surface area contributed by atoms with Crippen LogP contribution in [-0.2, 0) is 21.9 Å². The van der Waals surface area contributed by atoms with Gasteiger partial charge in [0.25, 0.3) is 0 Å². The molecule has 1 aliphatic rings. The molecular formula is C16H19N3O3S. The van der Waals surface area contributed by atoms with E-state index in [0.29, 0.717) is 19.5 Å². The van der Waals surface area contributed by atoms with E-state index in [9.17, 15) is 9.59 Å². The van der Waals surface area contributed by atoms with Crippen molar-refractivity contribution in [3.63, 3.8) is 0 Å². The summed E-state index contributed by atoms with van der Waals surface area (Å²) in [6.07, 6.45) is 2.53. The van der Waals surface area contributed by atoms with Gasteiger partial charge in [-0.1, -0.05) is 12.1 Å². The van der Waals surface area contributed by atoms with Crippen molar-refractivity contribution in [2.75, 3.05) is 19.3 Å². The summed E-state index contributed by atoms with van der Waals surface area (Å²) in [6, 6.07) is 7.77. The summed E-state index contributed by atoms with van der Waals surface area (Å²) in [5, 5.41) is 9.07. The standard InChI is InChI=1S/C16H19N3O3S/c1-23-10-14-17-12-4-2-3-5-13(12)19(14)9-15(20)18-7-6-11(8-18)16(21)22/h2-5,11H,6-10H2,1H3,(H,21,22)/t11-/m0/s1. The lowest BCUT2D eigenvalue weighted by molar-refractivity contribution is -0.141. The fourth-order valence-electron chi connectivity index (χ4n) is 2.96. The first-order valence-electron chi connectivity index (χ1n) is 7.54. The number of amides is 1. The molecule has 1 saturated heterocycles. The number of carbonyl (C=O) groups excluding carboxylic acids is 1. The van der Waals surface area contributed by atoms with Crippen LogP contribution in [0.1, 0.15) is 12.2 Å². The van der Waals surface area contributed by atoms with Crippen LogP contribution in [0.25, 0.3) is 11.0 Å². The molecule has 6 nitrogen and oxygen atoms in total. The third kappa shape index (κ3) is 3.19. The van der Waals surface area contributed by atoms with E-state index in [1.165, 1.54) is 0 Å². The molecule has 122 valence electrons. The van der Waals surface area contributed by atoms with E-state index in [0.717, 1.165) is 22.6 Å². The maximum atomic E-state index is 12.6. The summed E-state index contributed by atoms with van der Waals surface area (Å²) in [6.45, 7) is 1.03. The number of likely N-dealkylation sites (tertiary alicyclic amines) is 1. The normalized spacial score (nSPS) is 17.8.